The van der Waals surface area contributed by atoms with Crippen LogP contribution in [0.1, 0.15) is 19.8 Å². The van der Waals surface area contributed by atoms with E-state index < -0.39 is 11.9 Å². The number of carboxylic acids is 1. The molecule has 0 aromatic heterocycles. The second kappa shape index (κ2) is 5.86. The number of carbonyl (C=O) groups excluding carboxylic acids is 1. The van der Waals surface area contributed by atoms with E-state index in [0.717, 1.165) is 12.8 Å². The monoisotopic (exact) mass is 244 g/mol. The minimum atomic E-state index is -0.921. The lowest BCUT2D eigenvalue weighted by Crippen LogP contribution is -2.45. The van der Waals surface area contributed by atoms with Gasteiger partial charge in [-0.15, -0.1) is 0 Å². The molecule has 3 N–H and O–H groups in total. The van der Waals surface area contributed by atoms with Crippen molar-refractivity contribution in [1.29, 1.82) is 0 Å². The first-order valence-corrected chi connectivity index (χ1v) is 5.80. The standard InChI is InChI=1S/C11H20N2O4/c1-7(10(15)16)5-12-11(17)13(2)6-8-3-9(14)4-8/h7-9,14H,3-6H2,1-2H3,(H,12,17)(H,15,16). The molecule has 6 heteroatoms. The molecule has 98 valence electrons. The molecule has 1 rings (SSSR count). The Balaban J connectivity index is 2.20. The van der Waals surface area contributed by atoms with Crippen LogP contribution in [0, 0.1) is 11.8 Å². The summed E-state index contributed by atoms with van der Waals surface area (Å²) < 4.78 is 0. The van der Waals surface area contributed by atoms with E-state index in [-0.39, 0.29) is 18.7 Å². The lowest BCUT2D eigenvalue weighted by molar-refractivity contribution is -0.140. The first-order chi connectivity index (χ1) is 7.90. The fourth-order valence-corrected chi connectivity index (χ4v) is 1.78. The molecule has 17 heavy (non-hydrogen) atoms. The van der Waals surface area contributed by atoms with Gasteiger partial charge in [-0.3, -0.25) is 4.79 Å². The minimum absolute atomic E-state index is 0.131. The molecule has 0 aromatic carbocycles. The van der Waals surface area contributed by atoms with Crippen LogP contribution in [0.15, 0.2) is 0 Å². The summed E-state index contributed by atoms with van der Waals surface area (Å²) in [4.78, 5) is 23.7. The topological polar surface area (TPSA) is 89.9 Å². The number of carbonyl (C=O) groups is 2. The molecule has 2 amide bonds. The molecule has 0 radical (unpaired) electrons. The zero-order valence-corrected chi connectivity index (χ0v) is 10.2. The van der Waals surface area contributed by atoms with Crippen molar-refractivity contribution in [1.82, 2.24) is 10.2 Å². The Labute approximate surface area is 101 Å². The lowest BCUT2D eigenvalue weighted by atomic mass is 9.82. The lowest BCUT2D eigenvalue weighted by Gasteiger charge is -2.34. The van der Waals surface area contributed by atoms with Crippen molar-refractivity contribution in [2.75, 3.05) is 20.1 Å². The summed E-state index contributed by atoms with van der Waals surface area (Å²) in [5, 5.41) is 20.4. The van der Waals surface area contributed by atoms with Crippen LogP contribution in [0.3, 0.4) is 0 Å². The van der Waals surface area contributed by atoms with E-state index in [9.17, 15) is 9.59 Å². The summed E-state index contributed by atoms with van der Waals surface area (Å²) in [7, 11) is 1.67. The van der Waals surface area contributed by atoms with Crippen molar-refractivity contribution < 1.29 is 19.8 Å². The van der Waals surface area contributed by atoms with Gasteiger partial charge < -0.3 is 20.4 Å². The van der Waals surface area contributed by atoms with Gasteiger partial charge in [-0.2, -0.15) is 0 Å². The van der Waals surface area contributed by atoms with Gasteiger partial charge in [0.25, 0.3) is 0 Å². The molecule has 1 atom stereocenters. The molecule has 1 aliphatic rings. The van der Waals surface area contributed by atoms with Crippen LogP contribution in [-0.2, 0) is 4.79 Å². The molecule has 0 saturated heterocycles. The molecule has 0 heterocycles. The number of aliphatic hydroxyl groups excluding tert-OH is 1. The average molecular weight is 244 g/mol. The molecule has 1 fully saturated rings. The van der Waals surface area contributed by atoms with Crippen molar-refractivity contribution in [2.45, 2.75) is 25.9 Å². The molecular formula is C11H20N2O4. The number of hydrogen-bond donors (Lipinski definition) is 3. The molecule has 0 aliphatic heterocycles. The highest BCUT2D eigenvalue weighted by Gasteiger charge is 2.29. The van der Waals surface area contributed by atoms with E-state index in [0.29, 0.717) is 12.5 Å². The molecule has 0 bridgehead atoms. The predicted molar refractivity (Wildman–Crippen MR) is 61.6 cm³/mol. The molecule has 0 spiro atoms. The highest BCUT2D eigenvalue weighted by Crippen LogP contribution is 2.27. The summed E-state index contributed by atoms with van der Waals surface area (Å²) in [6.07, 6.45) is 1.26. The summed E-state index contributed by atoms with van der Waals surface area (Å²) in [5.41, 5.74) is 0. The van der Waals surface area contributed by atoms with E-state index in [2.05, 4.69) is 5.32 Å². The van der Waals surface area contributed by atoms with Crippen LogP contribution in [-0.4, -0.2) is 53.4 Å². The van der Waals surface area contributed by atoms with Crippen molar-refractivity contribution >= 4 is 12.0 Å². The van der Waals surface area contributed by atoms with Crippen LogP contribution in [0.25, 0.3) is 0 Å². The number of hydrogen-bond acceptors (Lipinski definition) is 3. The Kier molecular flexibility index (Phi) is 4.74. The van der Waals surface area contributed by atoms with Crippen LogP contribution in [0.4, 0.5) is 4.79 Å². The summed E-state index contributed by atoms with van der Waals surface area (Å²) in [5.74, 6) is -1.15. The number of nitrogens with one attached hydrogen (secondary N) is 1. The van der Waals surface area contributed by atoms with E-state index in [1.165, 1.54) is 4.90 Å². The minimum Gasteiger partial charge on any atom is -0.481 e. The van der Waals surface area contributed by atoms with Crippen LogP contribution >= 0.6 is 0 Å². The van der Waals surface area contributed by atoms with E-state index in [4.69, 9.17) is 10.2 Å². The zero-order chi connectivity index (χ0) is 13.0. The molecular weight excluding hydrogens is 224 g/mol. The van der Waals surface area contributed by atoms with Gasteiger partial charge in [0.2, 0.25) is 0 Å². The number of amides is 2. The van der Waals surface area contributed by atoms with E-state index >= 15 is 0 Å². The number of aliphatic hydroxyl groups is 1. The van der Waals surface area contributed by atoms with Crippen molar-refractivity contribution in [3.63, 3.8) is 0 Å². The number of urea groups is 1. The van der Waals surface area contributed by atoms with Crippen LogP contribution < -0.4 is 5.32 Å². The zero-order valence-electron chi connectivity index (χ0n) is 10.2. The normalized spacial score (nSPS) is 24.6. The largest absolute Gasteiger partial charge is 0.481 e. The van der Waals surface area contributed by atoms with Gasteiger partial charge in [-0.05, 0) is 18.8 Å². The van der Waals surface area contributed by atoms with Crippen molar-refractivity contribution in [2.24, 2.45) is 11.8 Å². The summed E-state index contributed by atoms with van der Waals surface area (Å²) in [6.45, 7) is 2.28. The Hall–Kier alpha value is -1.30. The predicted octanol–water partition coefficient (Wildman–Crippen LogP) is 0.119. The number of aliphatic carboxylic acids is 1. The average Bonchev–Trinajstić information content (AvgIpc) is 2.22. The Morgan fingerprint density at radius 3 is 2.53 bits per heavy atom. The van der Waals surface area contributed by atoms with E-state index in [1.54, 1.807) is 14.0 Å². The van der Waals surface area contributed by atoms with E-state index in [1.807, 2.05) is 0 Å². The van der Waals surface area contributed by atoms with Crippen LogP contribution in [0.2, 0.25) is 0 Å². The van der Waals surface area contributed by atoms with Crippen molar-refractivity contribution in [3.8, 4) is 0 Å². The quantitative estimate of drug-likeness (QED) is 0.640. The maximum Gasteiger partial charge on any atom is 0.317 e. The van der Waals surface area contributed by atoms with Gasteiger partial charge in [-0.1, -0.05) is 6.92 Å². The molecule has 6 nitrogen and oxygen atoms in total. The maximum absolute atomic E-state index is 11.6. The third kappa shape index (κ3) is 4.22. The van der Waals surface area contributed by atoms with Gasteiger partial charge in [0.05, 0.1) is 12.0 Å². The third-order valence-corrected chi connectivity index (χ3v) is 3.07. The number of carboxylic acid groups (broad SMARTS) is 1. The number of nitrogens with zero attached hydrogens (tertiary/aromatic N) is 1. The first-order valence-electron chi connectivity index (χ1n) is 5.80. The van der Waals surface area contributed by atoms with Gasteiger partial charge >= 0.3 is 12.0 Å². The van der Waals surface area contributed by atoms with Gasteiger partial charge in [0.1, 0.15) is 0 Å². The molecule has 1 unspecified atom stereocenters. The SMILES string of the molecule is CC(CNC(=O)N(C)CC1CC(O)C1)C(=O)O. The third-order valence-electron chi connectivity index (χ3n) is 3.07. The Morgan fingerprint density at radius 1 is 1.47 bits per heavy atom. The van der Waals surface area contributed by atoms with Crippen molar-refractivity contribution in [3.05, 3.63) is 0 Å². The summed E-state index contributed by atoms with van der Waals surface area (Å²) in [6, 6.07) is -0.264. The van der Waals surface area contributed by atoms with Gasteiger partial charge in [-0.25, -0.2) is 4.79 Å². The van der Waals surface area contributed by atoms with Gasteiger partial charge in [0.15, 0.2) is 0 Å². The Morgan fingerprint density at radius 2 is 2.06 bits per heavy atom. The molecule has 0 aromatic rings. The fourth-order valence-electron chi connectivity index (χ4n) is 1.78. The highest BCUT2D eigenvalue weighted by atomic mass is 16.4. The summed E-state index contributed by atoms with van der Waals surface area (Å²) >= 11 is 0. The van der Waals surface area contributed by atoms with Crippen LogP contribution in [0.5, 0.6) is 0 Å². The fraction of sp³-hybridized carbons (Fsp3) is 0.818. The number of rotatable bonds is 5. The second-order valence-corrected chi connectivity index (χ2v) is 4.80. The van der Waals surface area contributed by atoms with Gasteiger partial charge in [0, 0.05) is 20.1 Å². The highest BCUT2D eigenvalue weighted by molar-refractivity contribution is 5.75. The first kappa shape index (κ1) is 13.8. The smallest absolute Gasteiger partial charge is 0.317 e. The second-order valence-electron chi connectivity index (χ2n) is 4.80. The molecule has 1 saturated carbocycles. The molecule has 1 aliphatic carbocycles. The Bertz CT molecular complexity index is 289. The maximum atomic E-state index is 11.6.